The average Bonchev–Trinajstić information content (AvgIpc) is 2.68. The van der Waals surface area contributed by atoms with Crippen molar-refractivity contribution in [1.82, 2.24) is 10.2 Å². The molecule has 0 aromatic heterocycles. The molecule has 29 heavy (non-hydrogen) atoms. The van der Waals surface area contributed by atoms with Crippen LogP contribution < -0.4 is 10.6 Å². The summed E-state index contributed by atoms with van der Waals surface area (Å²) in [6, 6.07) is 9.69. The van der Waals surface area contributed by atoms with Gasteiger partial charge in [0, 0.05) is 17.6 Å². The Labute approximate surface area is 171 Å². The first kappa shape index (κ1) is 22.3. The third-order valence-corrected chi connectivity index (χ3v) is 4.25. The highest BCUT2D eigenvalue weighted by Gasteiger charge is 2.18. The van der Waals surface area contributed by atoms with E-state index in [0.717, 1.165) is 11.6 Å². The van der Waals surface area contributed by atoms with E-state index < -0.39 is 10.8 Å². The molecule has 0 aliphatic carbocycles. The number of carbonyl (C=O) groups excluding carboxylic acids is 2. The molecule has 2 aromatic rings. The zero-order valence-electron chi connectivity index (χ0n) is 15.7. The monoisotopic (exact) mass is 422 g/mol. The summed E-state index contributed by atoms with van der Waals surface area (Å²) in [7, 11) is 0. The molecule has 0 saturated carbocycles. The van der Waals surface area contributed by atoms with Crippen LogP contribution in [0, 0.1) is 15.9 Å². The van der Waals surface area contributed by atoms with Crippen molar-refractivity contribution in [3.63, 3.8) is 0 Å². The number of amides is 2. The van der Waals surface area contributed by atoms with Gasteiger partial charge >= 0.3 is 0 Å². The van der Waals surface area contributed by atoms with Crippen LogP contribution in [-0.2, 0) is 16.1 Å². The maximum Gasteiger partial charge on any atom is 0.294 e. The Kier molecular flexibility index (Phi) is 8.05. The second-order valence-electron chi connectivity index (χ2n) is 6.17. The molecule has 2 N–H and O–H groups in total. The number of nitrogens with one attached hydrogen (secondary N) is 2. The van der Waals surface area contributed by atoms with Crippen LogP contribution in [-0.4, -0.2) is 41.3 Å². The Morgan fingerprint density at radius 3 is 2.41 bits per heavy atom. The van der Waals surface area contributed by atoms with Crippen LogP contribution in [0.15, 0.2) is 42.5 Å². The fourth-order valence-corrected chi connectivity index (χ4v) is 2.66. The molecule has 0 radical (unpaired) electrons. The predicted octanol–water partition coefficient (Wildman–Crippen LogP) is 2.96. The summed E-state index contributed by atoms with van der Waals surface area (Å²) in [6.45, 7) is 2.28. The number of nitrogens with zero attached hydrogens (tertiary/aromatic N) is 2. The van der Waals surface area contributed by atoms with E-state index >= 15 is 0 Å². The Hall–Kier alpha value is -3.04. The van der Waals surface area contributed by atoms with Gasteiger partial charge in [-0.05, 0) is 36.4 Å². The molecule has 10 heteroatoms. The molecular weight excluding hydrogens is 403 g/mol. The van der Waals surface area contributed by atoms with E-state index in [4.69, 9.17) is 11.6 Å². The molecule has 0 aliphatic rings. The van der Waals surface area contributed by atoms with Crippen LogP contribution in [0.3, 0.4) is 0 Å². The highest BCUT2D eigenvalue weighted by Crippen LogP contribution is 2.27. The number of hydrogen-bond acceptors (Lipinski definition) is 5. The summed E-state index contributed by atoms with van der Waals surface area (Å²) in [5.41, 5.74) is 0.461. The molecule has 0 spiro atoms. The van der Waals surface area contributed by atoms with E-state index in [1.54, 1.807) is 24.0 Å². The molecule has 0 heterocycles. The van der Waals surface area contributed by atoms with Crippen molar-refractivity contribution in [2.45, 2.75) is 13.5 Å². The molecule has 2 rings (SSSR count). The highest BCUT2D eigenvalue weighted by atomic mass is 35.5. The number of carbonyl (C=O) groups is 2. The molecule has 154 valence electrons. The third-order valence-electron chi connectivity index (χ3n) is 4.02. The minimum Gasteiger partial charge on any atom is -0.351 e. The number of halogens is 2. The molecule has 0 saturated heterocycles. The topological polar surface area (TPSA) is 105 Å². The first-order chi connectivity index (χ1) is 13.8. The second-order valence-corrected chi connectivity index (χ2v) is 6.61. The summed E-state index contributed by atoms with van der Waals surface area (Å²) < 4.78 is 12.9. The van der Waals surface area contributed by atoms with E-state index in [0.29, 0.717) is 6.54 Å². The molecular formula is C19H20ClFN4O4. The molecule has 0 aliphatic heterocycles. The van der Waals surface area contributed by atoms with Gasteiger partial charge < -0.3 is 10.6 Å². The summed E-state index contributed by atoms with van der Waals surface area (Å²) >= 11 is 5.75. The van der Waals surface area contributed by atoms with Gasteiger partial charge in [-0.3, -0.25) is 24.6 Å². The van der Waals surface area contributed by atoms with Gasteiger partial charge in [-0.2, -0.15) is 0 Å². The molecule has 2 aromatic carbocycles. The lowest BCUT2D eigenvalue weighted by atomic mass is 10.2. The number of benzene rings is 2. The maximum absolute atomic E-state index is 12.9. The Bertz CT molecular complexity index is 892. The van der Waals surface area contributed by atoms with E-state index in [-0.39, 0.29) is 47.8 Å². The molecule has 8 nitrogen and oxygen atoms in total. The predicted molar refractivity (Wildman–Crippen MR) is 107 cm³/mol. The fourth-order valence-electron chi connectivity index (χ4n) is 2.50. The van der Waals surface area contributed by atoms with Gasteiger partial charge in [-0.15, -0.1) is 0 Å². The van der Waals surface area contributed by atoms with Crippen molar-refractivity contribution in [3.05, 3.63) is 69.0 Å². The van der Waals surface area contributed by atoms with E-state index in [9.17, 15) is 24.1 Å². The Balaban J connectivity index is 1.88. The lowest BCUT2D eigenvalue weighted by Crippen LogP contribution is -2.40. The molecule has 0 bridgehead atoms. The van der Waals surface area contributed by atoms with E-state index in [2.05, 4.69) is 10.6 Å². The van der Waals surface area contributed by atoms with Crippen molar-refractivity contribution >= 4 is 34.8 Å². The van der Waals surface area contributed by atoms with Crippen LogP contribution in [0.5, 0.6) is 0 Å². The van der Waals surface area contributed by atoms with Crippen LogP contribution in [0.1, 0.15) is 12.5 Å². The largest absolute Gasteiger partial charge is 0.351 e. The Morgan fingerprint density at radius 1 is 1.14 bits per heavy atom. The summed E-state index contributed by atoms with van der Waals surface area (Å²) in [6.07, 6.45) is 0. The normalized spacial score (nSPS) is 10.6. The fraction of sp³-hybridized carbons (Fsp3) is 0.263. The minimum absolute atomic E-state index is 0.0289. The first-order valence-corrected chi connectivity index (χ1v) is 9.13. The quantitative estimate of drug-likeness (QED) is 0.477. The van der Waals surface area contributed by atoms with Crippen LogP contribution >= 0.6 is 11.6 Å². The van der Waals surface area contributed by atoms with Crippen LogP contribution in [0.4, 0.5) is 15.8 Å². The summed E-state index contributed by atoms with van der Waals surface area (Å²) in [4.78, 5) is 36.4. The van der Waals surface area contributed by atoms with Crippen LogP contribution in [0.2, 0.25) is 5.02 Å². The van der Waals surface area contributed by atoms with Gasteiger partial charge in [0.2, 0.25) is 11.8 Å². The van der Waals surface area contributed by atoms with E-state index in [1.165, 1.54) is 24.3 Å². The summed E-state index contributed by atoms with van der Waals surface area (Å²) in [5.74, 6) is -1.16. The van der Waals surface area contributed by atoms with Crippen molar-refractivity contribution in [1.29, 1.82) is 0 Å². The second kappa shape index (κ2) is 10.5. The lowest BCUT2D eigenvalue weighted by Gasteiger charge is -2.19. The van der Waals surface area contributed by atoms with Gasteiger partial charge in [-0.1, -0.05) is 30.7 Å². The first-order valence-electron chi connectivity index (χ1n) is 8.75. The minimum atomic E-state index is -0.637. The van der Waals surface area contributed by atoms with Gasteiger partial charge in [0.15, 0.2) is 0 Å². The van der Waals surface area contributed by atoms with Crippen molar-refractivity contribution in [2.75, 3.05) is 25.0 Å². The zero-order valence-corrected chi connectivity index (χ0v) is 16.4. The molecule has 2 amide bonds. The number of nitro benzene ring substituents is 1. The van der Waals surface area contributed by atoms with E-state index in [1.807, 2.05) is 0 Å². The molecule has 0 unspecified atom stereocenters. The van der Waals surface area contributed by atoms with Crippen molar-refractivity contribution in [3.8, 4) is 0 Å². The van der Waals surface area contributed by atoms with Crippen LogP contribution in [0.25, 0.3) is 0 Å². The zero-order chi connectivity index (χ0) is 21.4. The number of nitro groups is 1. The average molecular weight is 423 g/mol. The smallest absolute Gasteiger partial charge is 0.294 e. The lowest BCUT2D eigenvalue weighted by molar-refractivity contribution is -0.383. The standard InChI is InChI=1S/C19H20ClFN4O4/c1-2-24(11-18(26)22-10-13-3-6-15(21)7-4-13)12-19(27)23-16-8-5-14(20)9-17(16)25(28)29/h3-9H,2,10-12H2,1H3,(H,22,26)(H,23,27). The summed E-state index contributed by atoms with van der Waals surface area (Å²) in [5, 5.41) is 16.5. The Morgan fingerprint density at radius 2 is 1.79 bits per heavy atom. The SMILES string of the molecule is CCN(CC(=O)NCc1ccc(F)cc1)CC(=O)Nc1ccc(Cl)cc1[N+](=O)[O-]. The van der Waals surface area contributed by atoms with Gasteiger partial charge in [-0.25, -0.2) is 4.39 Å². The third kappa shape index (κ3) is 7.13. The number of hydrogen-bond donors (Lipinski definition) is 2. The van der Waals surface area contributed by atoms with Gasteiger partial charge in [0.05, 0.1) is 18.0 Å². The number of rotatable bonds is 9. The van der Waals surface area contributed by atoms with Gasteiger partial charge in [0.25, 0.3) is 5.69 Å². The highest BCUT2D eigenvalue weighted by molar-refractivity contribution is 6.31. The molecule has 0 atom stereocenters. The molecule has 0 fully saturated rings. The van der Waals surface area contributed by atoms with Gasteiger partial charge in [0.1, 0.15) is 11.5 Å². The number of likely N-dealkylation sites (N-methyl/N-ethyl adjacent to an activating group) is 1. The van der Waals surface area contributed by atoms with Crippen molar-refractivity contribution in [2.24, 2.45) is 0 Å². The van der Waals surface area contributed by atoms with Crippen molar-refractivity contribution < 1.29 is 18.9 Å². The maximum atomic E-state index is 12.9. The number of anilines is 1.